The highest BCUT2D eigenvalue weighted by Gasteiger charge is 2.38. The Morgan fingerprint density at radius 3 is 2.04 bits per heavy atom. The van der Waals surface area contributed by atoms with Gasteiger partial charge in [0, 0.05) is 40.9 Å². The van der Waals surface area contributed by atoms with E-state index in [4.69, 9.17) is 4.74 Å². The van der Waals surface area contributed by atoms with Crippen LogP contribution in [0.15, 0.2) is 12.5 Å². The van der Waals surface area contributed by atoms with Crippen molar-refractivity contribution in [1.29, 1.82) is 0 Å². The maximum absolute atomic E-state index is 14.2. The number of hydrogen-bond donors (Lipinski definition) is 0. The van der Waals surface area contributed by atoms with Crippen molar-refractivity contribution in [3.63, 3.8) is 0 Å². The van der Waals surface area contributed by atoms with Gasteiger partial charge in [0.25, 0.3) is 7.44 Å². The third-order valence-corrected chi connectivity index (χ3v) is 9.78. The molecule has 1 rings (SSSR count). The Labute approximate surface area is 155 Å². The Bertz CT molecular complexity index is 535. The molecule has 0 bridgehead atoms. The van der Waals surface area contributed by atoms with Crippen LogP contribution in [0.1, 0.15) is 27.7 Å². The summed E-state index contributed by atoms with van der Waals surface area (Å²) in [6.07, 6.45) is 3.49. The van der Waals surface area contributed by atoms with Gasteiger partial charge in [0.15, 0.2) is 0 Å². The van der Waals surface area contributed by atoms with Crippen LogP contribution in [0.25, 0.3) is 0 Å². The van der Waals surface area contributed by atoms with E-state index in [1.54, 1.807) is 12.5 Å². The number of imidazole rings is 1. The minimum Gasteiger partial charge on any atom is -0.361 e. The number of rotatable bonds is 12. The molecule has 0 amide bonds. The molecule has 0 spiro atoms. The quantitative estimate of drug-likeness (QED) is 0.310. The van der Waals surface area contributed by atoms with Crippen LogP contribution < -0.4 is 5.44 Å². The average molecular weight is 389 g/mol. The Morgan fingerprint density at radius 1 is 1.08 bits per heavy atom. The van der Waals surface area contributed by atoms with Gasteiger partial charge in [-0.05, 0) is 6.04 Å². The van der Waals surface area contributed by atoms with Crippen molar-refractivity contribution in [2.24, 2.45) is 0 Å². The fraction of sp³-hybridized carbons (Fsp3) is 0.824. The highest BCUT2D eigenvalue weighted by atomic mass is 31.2. The normalized spacial score (nSPS) is 13.2. The summed E-state index contributed by atoms with van der Waals surface area (Å²) in [6, 6.07) is 1.13. The molecule has 0 aromatic carbocycles. The predicted octanol–water partition coefficient (Wildman–Crippen LogP) is 3.70. The SMILES string of the molecule is CCN(CC)P(=O)(c1cncn1COCC[Si](C)(C)C)N(CC)CC. The molecule has 0 radical (unpaired) electrons. The zero-order valence-corrected chi connectivity index (χ0v) is 19.1. The van der Waals surface area contributed by atoms with E-state index in [9.17, 15) is 4.57 Å². The number of aromatic nitrogens is 2. The third kappa shape index (κ3) is 5.76. The highest BCUT2D eigenvalue weighted by Crippen LogP contribution is 2.51. The maximum atomic E-state index is 14.2. The van der Waals surface area contributed by atoms with E-state index < -0.39 is 15.5 Å². The van der Waals surface area contributed by atoms with Crippen molar-refractivity contribution >= 4 is 21.0 Å². The number of hydrogen-bond acceptors (Lipinski definition) is 3. The standard InChI is InChI=1S/C17H37N4O2PSi/c1-8-20(9-2)24(22,21(10-3)11-4)17-14-18-15-19(17)16-23-12-13-25(5,6)7/h14-15H,8-13,16H2,1-7H3. The Kier molecular flexibility index (Phi) is 9.05. The Balaban J connectivity index is 3.05. The van der Waals surface area contributed by atoms with Gasteiger partial charge in [0.2, 0.25) is 0 Å². The fourth-order valence-electron chi connectivity index (χ4n) is 2.88. The first-order chi connectivity index (χ1) is 11.7. The lowest BCUT2D eigenvalue weighted by molar-refractivity contribution is 0.0887. The molecule has 1 aromatic rings. The van der Waals surface area contributed by atoms with Crippen molar-refractivity contribution in [2.45, 2.75) is 60.1 Å². The van der Waals surface area contributed by atoms with Crippen LogP contribution in [0.2, 0.25) is 25.7 Å². The molecule has 0 fully saturated rings. The molecule has 1 heterocycles. The molecule has 0 aliphatic carbocycles. The number of nitrogens with zero attached hydrogens (tertiary/aromatic N) is 4. The fourth-order valence-corrected chi connectivity index (χ4v) is 6.77. The molecule has 0 aliphatic heterocycles. The Hall–Kier alpha value is -0.463. The van der Waals surface area contributed by atoms with Gasteiger partial charge in [-0.2, -0.15) is 0 Å². The van der Waals surface area contributed by atoms with Gasteiger partial charge in [-0.25, -0.2) is 14.3 Å². The average Bonchev–Trinajstić information content (AvgIpc) is 3.02. The van der Waals surface area contributed by atoms with Crippen molar-refractivity contribution in [3.8, 4) is 0 Å². The van der Waals surface area contributed by atoms with Crippen LogP contribution in [0.5, 0.6) is 0 Å². The van der Waals surface area contributed by atoms with E-state index in [-0.39, 0.29) is 0 Å². The van der Waals surface area contributed by atoms with Crippen molar-refractivity contribution in [2.75, 3.05) is 32.8 Å². The minimum absolute atomic E-state index is 0.409. The molecule has 146 valence electrons. The van der Waals surface area contributed by atoms with E-state index in [2.05, 4.69) is 61.7 Å². The monoisotopic (exact) mass is 388 g/mol. The zero-order chi connectivity index (χ0) is 19.1. The van der Waals surface area contributed by atoms with Crippen LogP contribution in [0.4, 0.5) is 0 Å². The van der Waals surface area contributed by atoms with E-state index >= 15 is 0 Å². The largest absolute Gasteiger partial charge is 0.361 e. The lowest BCUT2D eigenvalue weighted by Crippen LogP contribution is -2.39. The van der Waals surface area contributed by atoms with Gasteiger partial charge in [-0.1, -0.05) is 47.3 Å². The summed E-state index contributed by atoms with van der Waals surface area (Å²) in [5.74, 6) is 0. The summed E-state index contributed by atoms with van der Waals surface area (Å²) in [5.41, 5.74) is 0.771. The van der Waals surface area contributed by atoms with Crippen LogP contribution in [-0.2, 0) is 16.0 Å². The van der Waals surface area contributed by atoms with Gasteiger partial charge in [-0.15, -0.1) is 0 Å². The summed E-state index contributed by atoms with van der Waals surface area (Å²) in [7, 11) is -3.98. The van der Waals surface area contributed by atoms with E-state index in [0.717, 1.165) is 44.3 Å². The zero-order valence-electron chi connectivity index (χ0n) is 17.2. The molecule has 0 saturated carbocycles. The molecule has 8 heteroatoms. The summed E-state index contributed by atoms with van der Waals surface area (Å²) >= 11 is 0. The summed E-state index contributed by atoms with van der Waals surface area (Å²) in [4.78, 5) is 4.28. The second-order valence-electron chi connectivity index (χ2n) is 7.39. The third-order valence-electron chi connectivity index (χ3n) is 4.44. The first kappa shape index (κ1) is 22.6. The van der Waals surface area contributed by atoms with Crippen molar-refractivity contribution in [1.82, 2.24) is 18.9 Å². The molecule has 25 heavy (non-hydrogen) atoms. The van der Waals surface area contributed by atoms with E-state index in [1.165, 1.54) is 0 Å². The van der Waals surface area contributed by atoms with E-state index in [0.29, 0.717) is 6.73 Å². The molecule has 6 nitrogen and oxygen atoms in total. The molecular formula is C17H37N4O2PSi. The molecule has 0 unspecified atom stereocenters. The van der Waals surface area contributed by atoms with Gasteiger partial charge in [0.1, 0.15) is 12.2 Å². The molecular weight excluding hydrogens is 351 g/mol. The summed E-state index contributed by atoms with van der Waals surface area (Å²) in [5, 5.41) is 0. The first-order valence-corrected chi connectivity index (χ1v) is 14.8. The van der Waals surface area contributed by atoms with Crippen LogP contribution >= 0.6 is 7.44 Å². The Morgan fingerprint density at radius 2 is 1.60 bits per heavy atom. The molecule has 0 atom stereocenters. The van der Waals surface area contributed by atoms with Gasteiger partial charge < -0.3 is 9.30 Å². The number of ether oxygens (including phenoxy) is 1. The summed E-state index contributed by atoms with van der Waals surface area (Å²) < 4.78 is 26.1. The molecule has 1 aromatic heterocycles. The van der Waals surface area contributed by atoms with Gasteiger partial charge >= 0.3 is 0 Å². The second kappa shape index (κ2) is 10.0. The van der Waals surface area contributed by atoms with Crippen molar-refractivity contribution < 1.29 is 9.30 Å². The lowest BCUT2D eigenvalue weighted by atomic mass is 10.7. The van der Waals surface area contributed by atoms with E-state index in [1.807, 2.05) is 4.57 Å². The minimum atomic E-state index is -2.87. The van der Waals surface area contributed by atoms with Crippen LogP contribution in [0.3, 0.4) is 0 Å². The predicted molar refractivity (Wildman–Crippen MR) is 109 cm³/mol. The van der Waals surface area contributed by atoms with Crippen LogP contribution in [-0.4, -0.2) is 59.8 Å². The molecule has 0 saturated heterocycles. The molecule has 0 N–H and O–H groups in total. The maximum Gasteiger partial charge on any atom is 0.263 e. The first-order valence-electron chi connectivity index (χ1n) is 9.43. The molecule has 0 aliphatic rings. The second-order valence-corrected chi connectivity index (χ2v) is 15.7. The van der Waals surface area contributed by atoms with Gasteiger partial charge in [-0.3, -0.25) is 4.57 Å². The summed E-state index contributed by atoms with van der Waals surface area (Å²) in [6.45, 7) is 19.4. The lowest BCUT2D eigenvalue weighted by Gasteiger charge is -2.37. The smallest absolute Gasteiger partial charge is 0.263 e. The van der Waals surface area contributed by atoms with Crippen molar-refractivity contribution in [3.05, 3.63) is 12.5 Å². The highest BCUT2D eigenvalue weighted by molar-refractivity contribution is 7.66. The van der Waals surface area contributed by atoms with Gasteiger partial charge in [0.05, 0.1) is 12.5 Å². The van der Waals surface area contributed by atoms with Crippen LogP contribution in [0, 0.1) is 0 Å². The topological polar surface area (TPSA) is 50.6 Å².